The molecule has 0 aliphatic carbocycles. The molecule has 0 fully saturated rings. The number of hydrogen-bond donors (Lipinski definition) is 3. The van der Waals surface area contributed by atoms with Crippen molar-refractivity contribution in [1.82, 2.24) is 9.97 Å². The number of fused-ring (bicyclic) bond motifs is 1. The third-order valence-electron chi connectivity index (χ3n) is 3.34. The van der Waals surface area contributed by atoms with Gasteiger partial charge in [0.15, 0.2) is 0 Å². The summed E-state index contributed by atoms with van der Waals surface area (Å²) in [7, 11) is 0. The van der Waals surface area contributed by atoms with Gasteiger partial charge in [0, 0.05) is 12.0 Å². The van der Waals surface area contributed by atoms with E-state index in [1.807, 2.05) is 31.2 Å². The first-order valence-corrected chi connectivity index (χ1v) is 6.23. The molecule has 0 saturated carbocycles. The molecular formula is C14H15N3O2. The zero-order chi connectivity index (χ0) is 13.4. The second-order valence-corrected chi connectivity index (χ2v) is 4.51. The van der Waals surface area contributed by atoms with E-state index in [2.05, 4.69) is 9.97 Å². The van der Waals surface area contributed by atoms with Crippen molar-refractivity contribution in [3.8, 4) is 0 Å². The van der Waals surface area contributed by atoms with Gasteiger partial charge in [0.25, 0.3) is 0 Å². The molecule has 5 heteroatoms. The fourth-order valence-electron chi connectivity index (χ4n) is 2.34. The Bertz CT molecular complexity index is 766. The highest BCUT2D eigenvalue weighted by molar-refractivity contribution is 5.75. The van der Waals surface area contributed by atoms with E-state index in [9.17, 15) is 4.79 Å². The van der Waals surface area contributed by atoms with Crippen LogP contribution in [-0.4, -0.2) is 9.97 Å². The number of rotatable bonds is 3. The Morgan fingerprint density at radius 2 is 2.05 bits per heavy atom. The highest BCUT2D eigenvalue weighted by atomic mass is 16.3. The normalized spacial score (nSPS) is 12.9. The average molecular weight is 257 g/mol. The standard InChI is InChI=1S/C14H15N3O2/c1-2-12-9(5-6-19-12)13(15)8-3-4-10-11(7-8)17-14(18)16-10/h3-7,13H,2,15H2,1H3,(H2,16,17,18). The van der Waals surface area contributed by atoms with E-state index >= 15 is 0 Å². The van der Waals surface area contributed by atoms with Gasteiger partial charge < -0.3 is 20.1 Å². The molecular weight excluding hydrogens is 242 g/mol. The smallest absolute Gasteiger partial charge is 0.323 e. The molecule has 0 amide bonds. The Balaban J connectivity index is 2.05. The Morgan fingerprint density at radius 1 is 1.26 bits per heavy atom. The number of aromatic nitrogens is 2. The highest BCUT2D eigenvalue weighted by Gasteiger charge is 2.15. The summed E-state index contributed by atoms with van der Waals surface area (Å²) in [5.41, 5.74) is 9.54. The van der Waals surface area contributed by atoms with Crippen molar-refractivity contribution in [1.29, 1.82) is 0 Å². The zero-order valence-corrected chi connectivity index (χ0v) is 10.6. The van der Waals surface area contributed by atoms with E-state index in [1.54, 1.807) is 6.26 Å². The van der Waals surface area contributed by atoms with Gasteiger partial charge in [-0.05, 0) is 23.8 Å². The minimum absolute atomic E-state index is 0.210. The van der Waals surface area contributed by atoms with Gasteiger partial charge in [-0.3, -0.25) is 0 Å². The van der Waals surface area contributed by atoms with Gasteiger partial charge in [-0.15, -0.1) is 0 Å². The summed E-state index contributed by atoms with van der Waals surface area (Å²) >= 11 is 0. The van der Waals surface area contributed by atoms with Crippen molar-refractivity contribution in [2.45, 2.75) is 19.4 Å². The predicted octanol–water partition coefficient (Wildman–Crippen LogP) is 2.06. The molecule has 2 heterocycles. The molecule has 0 radical (unpaired) electrons. The van der Waals surface area contributed by atoms with Crippen molar-refractivity contribution in [3.05, 3.63) is 57.9 Å². The molecule has 0 aliphatic heterocycles. The number of aromatic amines is 2. The Kier molecular flexibility index (Phi) is 2.76. The SMILES string of the molecule is CCc1occc1C(N)c1ccc2[nH]c(=O)[nH]c2c1. The number of imidazole rings is 1. The molecule has 0 spiro atoms. The maximum Gasteiger partial charge on any atom is 0.323 e. The minimum Gasteiger partial charge on any atom is -0.469 e. The minimum atomic E-state index is -0.253. The lowest BCUT2D eigenvalue weighted by molar-refractivity contribution is 0.509. The zero-order valence-electron chi connectivity index (χ0n) is 10.6. The predicted molar refractivity (Wildman–Crippen MR) is 73.0 cm³/mol. The molecule has 1 aromatic carbocycles. The van der Waals surface area contributed by atoms with Crippen LogP contribution in [-0.2, 0) is 6.42 Å². The summed E-state index contributed by atoms with van der Waals surface area (Å²) in [5, 5.41) is 0. The van der Waals surface area contributed by atoms with Crippen LogP contribution in [0, 0.1) is 0 Å². The summed E-state index contributed by atoms with van der Waals surface area (Å²) in [6, 6.07) is 7.31. The molecule has 19 heavy (non-hydrogen) atoms. The molecule has 0 bridgehead atoms. The summed E-state index contributed by atoms with van der Waals surface area (Å²) in [4.78, 5) is 16.7. The van der Waals surface area contributed by atoms with Crippen LogP contribution in [0.5, 0.6) is 0 Å². The van der Waals surface area contributed by atoms with Crippen LogP contribution in [0.25, 0.3) is 11.0 Å². The molecule has 4 N–H and O–H groups in total. The van der Waals surface area contributed by atoms with Crippen LogP contribution in [0.3, 0.4) is 0 Å². The Hall–Kier alpha value is -2.27. The van der Waals surface area contributed by atoms with Crippen LogP contribution < -0.4 is 11.4 Å². The first-order chi connectivity index (χ1) is 9.19. The van der Waals surface area contributed by atoms with E-state index in [1.165, 1.54) is 0 Å². The van der Waals surface area contributed by atoms with E-state index in [0.717, 1.165) is 34.3 Å². The first kappa shape index (κ1) is 11.8. The third-order valence-corrected chi connectivity index (χ3v) is 3.34. The lowest BCUT2D eigenvalue weighted by Gasteiger charge is -2.11. The quantitative estimate of drug-likeness (QED) is 0.671. The van der Waals surface area contributed by atoms with E-state index in [4.69, 9.17) is 10.2 Å². The number of furan rings is 1. The summed E-state index contributed by atoms with van der Waals surface area (Å²) in [6.45, 7) is 2.03. The lowest BCUT2D eigenvalue weighted by Crippen LogP contribution is -2.12. The highest BCUT2D eigenvalue weighted by Crippen LogP contribution is 2.25. The molecule has 3 aromatic rings. The molecule has 1 atom stereocenters. The van der Waals surface area contributed by atoms with Crippen molar-refractivity contribution < 1.29 is 4.42 Å². The molecule has 98 valence electrons. The van der Waals surface area contributed by atoms with Gasteiger partial charge in [0.05, 0.1) is 23.3 Å². The van der Waals surface area contributed by atoms with Gasteiger partial charge in [-0.2, -0.15) is 0 Å². The van der Waals surface area contributed by atoms with Crippen molar-refractivity contribution in [3.63, 3.8) is 0 Å². The van der Waals surface area contributed by atoms with Crippen LogP contribution in [0.4, 0.5) is 0 Å². The van der Waals surface area contributed by atoms with Gasteiger partial charge in [0.1, 0.15) is 5.76 Å². The summed E-state index contributed by atoms with van der Waals surface area (Å²) in [6.07, 6.45) is 2.46. The number of H-pyrrole nitrogens is 2. The maximum absolute atomic E-state index is 11.2. The van der Waals surface area contributed by atoms with E-state index in [0.29, 0.717) is 0 Å². The van der Waals surface area contributed by atoms with Crippen LogP contribution in [0.2, 0.25) is 0 Å². The van der Waals surface area contributed by atoms with Crippen molar-refractivity contribution in [2.24, 2.45) is 5.73 Å². The largest absolute Gasteiger partial charge is 0.469 e. The van der Waals surface area contributed by atoms with Gasteiger partial charge in [-0.25, -0.2) is 4.79 Å². The van der Waals surface area contributed by atoms with Crippen molar-refractivity contribution >= 4 is 11.0 Å². The number of nitrogens with two attached hydrogens (primary N) is 1. The summed E-state index contributed by atoms with van der Waals surface area (Å²) < 4.78 is 5.40. The van der Waals surface area contributed by atoms with Crippen molar-refractivity contribution in [2.75, 3.05) is 0 Å². The second kappa shape index (κ2) is 4.44. The number of aryl methyl sites for hydroxylation is 1. The Morgan fingerprint density at radius 3 is 2.84 bits per heavy atom. The lowest BCUT2D eigenvalue weighted by atomic mass is 9.99. The molecule has 5 nitrogen and oxygen atoms in total. The molecule has 0 saturated heterocycles. The van der Waals surface area contributed by atoms with E-state index in [-0.39, 0.29) is 11.7 Å². The molecule has 0 aliphatic rings. The Labute approximate surface area is 109 Å². The number of hydrogen-bond acceptors (Lipinski definition) is 3. The van der Waals surface area contributed by atoms with Crippen LogP contribution in [0.1, 0.15) is 29.9 Å². The molecule has 2 aromatic heterocycles. The first-order valence-electron chi connectivity index (χ1n) is 6.23. The molecule has 3 rings (SSSR count). The maximum atomic E-state index is 11.2. The van der Waals surface area contributed by atoms with Gasteiger partial charge in [-0.1, -0.05) is 13.0 Å². The van der Waals surface area contributed by atoms with Crippen LogP contribution >= 0.6 is 0 Å². The van der Waals surface area contributed by atoms with Crippen LogP contribution in [0.15, 0.2) is 39.7 Å². The van der Waals surface area contributed by atoms with Gasteiger partial charge >= 0.3 is 5.69 Å². The third kappa shape index (κ3) is 1.98. The molecule has 1 unspecified atom stereocenters. The summed E-state index contributed by atoms with van der Waals surface area (Å²) in [5.74, 6) is 0.898. The fraction of sp³-hybridized carbons (Fsp3) is 0.214. The average Bonchev–Trinajstić information content (AvgIpc) is 3.01. The fourth-order valence-corrected chi connectivity index (χ4v) is 2.34. The monoisotopic (exact) mass is 257 g/mol. The number of nitrogens with one attached hydrogen (secondary N) is 2. The van der Waals surface area contributed by atoms with Gasteiger partial charge in [0.2, 0.25) is 0 Å². The van der Waals surface area contributed by atoms with E-state index < -0.39 is 0 Å². The topological polar surface area (TPSA) is 87.8 Å². The number of benzene rings is 1. The second-order valence-electron chi connectivity index (χ2n) is 4.51.